The Morgan fingerprint density at radius 1 is 1.38 bits per heavy atom. The van der Waals surface area contributed by atoms with Gasteiger partial charge in [0.2, 0.25) is 0 Å². The van der Waals surface area contributed by atoms with Gasteiger partial charge in [0.1, 0.15) is 11.4 Å². The molecule has 1 saturated heterocycles. The maximum atomic E-state index is 12.2. The second-order valence-corrected chi connectivity index (χ2v) is 5.22. The van der Waals surface area contributed by atoms with Gasteiger partial charge in [-0.05, 0) is 12.1 Å². The van der Waals surface area contributed by atoms with Crippen molar-refractivity contribution in [2.75, 3.05) is 38.3 Å². The number of morpholine rings is 1. The minimum absolute atomic E-state index is 0.392. The number of anilines is 1. The first kappa shape index (κ1) is 14.1. The van der Waals surface area contributed by atoms with Crippen molar-refractivity contribution in [2.24, 2.45) is 0 Å². The molecule has 0 aliphatic carbocycles. The topological polar surface area (TPSA) is 51.7 Å². The molecule has 0 unspecified atom stereocenters. The van der Waals surface area contributed by atoms with E-state index in [2.05, 4.69) is 4.98 Å². The lowest BCUT2D eigenvalue weighted by Crippen LogP contribution is -2.37. The van der Waals surface area contributed by atoms with Gasteiger partial charge in [-0.15, -0.1) is 0 Å². The normalized spacial score (nSPS) is 15.2. The van der Waals surface area contributed by atoms with Crippen LogP contribution in [0.2, 0.25) is 5.02 Å². The Morgan fingerprint density at radius 3 is 2.86 bits per heavy atom. The third-order valence-corrected chi connectivity index (χ3v) is 3.77. The van der Waals surface area contributed by atoms with Crippen LogP contribution in [0.4, 0.5) is 5.82 Å². The Kier molecular flexibility index (Phi) is 3.94. The second-order valence-electron chi connectivity index (χ2n) is 4.78. The van der Waals surface area contributed by atoms with Gasteiger partial charge in [-0.2, -0.15) is 0 Å². The van der Waals surface area contributed by atoms with Gasteiger partial charge in [0.15, 0.2) is 0 Å². The van der Waals surface area contributed by atoms with Gasteiger partial charge < -0.3 is 14.4 Å². The number of nitrogens with zero attached hydrogens (tertiary/aromatic N) is 2. The number of rotatable bonds is 2. The fourth-order valence-corrected chi connectivity index (χ4v) is 2.68. The van der Waals surface area contributed by atoms with Crippen molar-refractivity contribution in [2.45, 2.75) is 0 Å². The van der Waals surface area contributed by atoms with Crippen LogP contribution < -0.4 is 4.90 Å². The molecule has 1 aliphatic rings. The van der Waals surface area contributed by atoms with Crippen molar-refractivity contribution in [3.05, 3.63) is 35.0 Å². The molecule has 21 heavy (non-hydrogen) atoms. The van der Waals surface area contributed by atoms with Crippen LogP contribution in [-0.2, 0) is 9.47 Å². The number of carbonyl (C=O) groups excluding carboxylic acids is 1. The molecule has 2 aromatic rings. The van der Waals surface area contributed by atoms with Crippen molar-refractivity contribution >= 4 is 34.2 Å². The average molecular weight is 307 g/mol. The van der Waals surface area contributed by atoms with Crippen LogP contribution in [0.25, 0.3) is 10.8 Å². The maximum absolute atomic E-state index is 12.2. The first-order chi connectivity index (χ1) is 10.2. The van der Waals surface area contributed by atoms with Gasteiger partial charge in [-0.3, -0.25) is 0 Å². The Hall–Kier alpha value is -1.85. The standard InChI is InChI=1S/C15H15ClN2O3/c1-20-15(19)13-12-3-2-11(16)8-10(12)9-17-14(13)18-4-6-21-7-5-18/h2-3,8-9H,4-7H2,1H3. The zero-order chi connectivity index (χ0) is 14.8. The first-order valence-electron chi connectivity index (χ1n) is 6.70. The Morgan fingerprint density at radius 2 is 2.14 bits per heavy atom. The molecule has 2 heterocycles. The summed E-state index contributed by atoms with van der Waals surface area (Å²) in [5, 5.41) is 2.22. The number of ether oxygens (including phenoxy) is 2. The lowest BCUT2D eigenvalue weighted by atomic mass is 10.1. The van der Waals surface area contributed by atoms with E-state index in [4.69, 9.17) is 21.1 Å². The highest BCUT2D eigenvalue weighted by atomic mass is 35.5. The second kappa shape index (κ2) is 5.87. The van der Waals surface area contributed by atoms with E-state index in [-0.39, 0.29) is 0 Å². The van der Waals surface area contributed by atoms with Crippen LogP contribution in [0.5, 0.6) is 0 Å². The molecule has 1 aromatic carbocycles. The molecule has 110 valence electrons. The molecule has 0 saturated carbocycles. The van der Waals surface area contributed by atoms with E-state index in [1.807, 2.05) is 11.0 Å². The number of esters is 1. The molecule has 6 heteroatoms. The van der Waals surface area contributed by atoms with Gasteiger partial charge >= 0.3 is 5.97 Å². The monoisotopic (exact) mass is 306 g/mol. The molecule has 0 atom stereocenters. The first-order valence-corrected chi connectivity index (χ1v) is 7.08. The lowest BCUT2D eigenvalue weighted by Gasteiger charge is -2.29. The number of halogens is 1. The Bertz CT molecular complexity index is 684. The molecular weight excluding hydrogens is 292 g/mol. The van der Waals surface area contributed by atoms with Crippen molar-refractivity contribution < 1.29 is 14.3 Å². The van der Waals surface area contributed by atoms with Crippen LogP contribution >= 0.6 is 11.6 Å². The number of aromatic nitrogens is 1. The van der Waals surface area contributed by atoms with E-state index in [0.717, 1.165) is 10.8 Å². The van der Waals surface area contributed by atoms with E-state index >= 15 is 0 Å². The van der Waals surface area contributed by atoms with Gasteiger partial charge in [0, 0.05) is 35.1 Å². The molecule has 3 rings (SSSR count). The van der Waals surface area contributed by atoms with Crippen LogP contribution in [0.1, 0.15) is 10.4 Å². The predicted octanol–water partition coefficient (Wildman–Crippen LogP) is 2.51. The maximum Gasteiger partial charge on any atom is 0.342 e. The molecule has 1 aliphatic heterocycles. The van der Waals surface area contributed by atoms with Gasteiger partial charge in [-0.25, -0.2) is 9.78 Å². The van der Waals surface area contributed by atoms with Gasteiger partial charge in [-0.1, -0.05) is 17.7 Å². The number of pyridine rings is 1. The molecule has 0 spiro atoms. The Balaban J connectivity index is 2.18. The third-order valence-electron chi connectivity index (χ3n) is 3.53. The van der Waals surface area contributed by atoms with E-state index in [1.54, 1.807) is 18.3 Å². The van der Waals surface area contributed by atoms with Crippen molar-refractivity contribution in [1.29, 1.82) is 0 Å². The lowest BCUT2D eigenvalue weighted by molar-refractivity contribution is 0.0602. The molecule has 0 radical (unpaired) electrons. The Labute approximate surface area is 127 Å². The quantitative estimate of drug-likeness (QED) is 0.798. The molecule has 5 nitrogen and oxygen atoms in total. The third kappa shape index (κ3) is 2.66. The van der Waals surface area contributed by atoms with E-state index in [0.29, 0.717) is 42.7 Å². The summed E-state index contributed by atoms with van der Waals surface area (Å²) in [6, 6.07) is 5.38. The highest BCUT2D eigenvalue weighted by molar-refractivity contribution is 6.31. The summed E-state index contributed by atoms with van der Waals surface area (Å²) in [6.07, 6.45) is 1.73. The van der Waals surface area contributed by atoms with Crippen molar-refractivity contribution in [3.63, 3.8) is 0 Å². The number of methoxy groups -OCH3 is 1. The molecule has 1 fully saturated rings. The van der Waals surface area contributed by atoms with Gasteiger partial charge in [0.25, 0.3) is 0 Å². The molecule has 1 aromatic heterocycles. The number of fused-ring (bicyclic) bond motifs is 1. The fraction of sp³-hybridized carbons (Fsp3) is 0.333. The van der Waals surface area contributed by atoms with Crippen molar-refractivity contribution in [3.8, 4) is 0 Å². The summed E-state index contributed by atoms with van der Waals surface area (Å²) in [7, 11) is 1.38. The number of hydrogen-bond donors (Lipinski definition) is 0. The summed E-state index contributed by atoms with van der Waals surface area (Å²) in [6.45, 7) is 2.66. The highest BCUT2D eigenvalue weighted by Crippen LogP contribution is 2.29. The minimum atomic E-state index is -0.392. The van der Waals surface area contributed by atoms with Crippen molar-refractivity contribution in [1.82, 2.24) is 4.98 Å². The van der Waals surface area contributed by atoms with E-state index in [9.17, 15) is 4.79 Å². The summed E-state index contributed by atoms with van der Waals surface area (Å²) in [5.74, 6) is 0.247. The predicted molar refractivity (Wildman–Crippen MR) is 81.1 cm³/mol. The number of hydrogen-bond acceptors (Lipinski definition) is 5. The van der Waals surface area contributed by atoms with Crippen LogP contribution in [-0.4, -0.2) is 44.4 Å². The molecule has 0 amide bonds. The molecular formula is C15H15ClN2O3. The van der Waals surface area contributed by atoms with E-state index < -0.39 is 5.97 Å². The molecule has 0 N–H and O–H groups in total. The summed E-state index contributed by atoms with van der Waals surface area (Å²) in [4.78, 5) is 18.7. The number of carbonyl (C=O) groups is 1. The van der Waals surface area contributed by atoms with Gasteiger partial charge in [0.05, 0.1) is 20.3 Å². The summed E-state index contributed by atoms with van der Waals surface area (Å²) >= 11 is 6.00. The smallest absolute Gasteiger partial charge is 0.342 e. The zero-order valence-electron chi connectivity index (χ0n) is 11.6. The fourth-order valence-electron chi connectivity index (χ4n) is 2.50. The summed E-state index contributed by atoms with van der Waals surface area (Å²) < 4.78 is 10.3. The van der Waals surface area contributed by atoms with E-state index in [1.165, 1.54) is 7.11 Å². The molecule has 0 bridgehead atoms. The average Bonchev–Trinajstić information content (AvgIpc) is 2.53. The zero-order valence-corrected chi connectivity index (χ0v) is 12.4. The summed E-state index contributed by atoms with van der Waals surface area (Å²) in [5.41, 5.74) is 0.480. The SMILES string of the molecule is COC(=O)c1c(N2CCOCC2)ncc2cc(Cl)ccc12. The minimum Gasteiger partial charge on any atom is -0.465 e. The van der Waals surface area contributed by atoms with Crippen LogP contribution in [0.3, 0.4) is 0 Å². The van der Waals surface area contributed by atoms with Crippen LogP contribution in [0, 0.1) is 0 Å². The largest absolute Gasteiger partial charge is 0.465 e. The highest BCUT2D eigenvalue weighted by Gasteiger charge is 2.23. The van der Waals surface area contributed by atoms with Crippen LogP contribution in [0.15, 0.2) is 24.4 Å². The number of benzene rings is 1.